The number of rotatable bonds is 7. The third-order valence-corrected chi connectivity index (χ3v) is 8.47. The van der Waals surface area contributed by atoms with E-state index >= 15 is 0 Å². The summed E-state index contributed by atoms with van der Waals surface area (Å²) in [5.74, 6) is -0.194. The molecule has 36 heavy (non-hydrogen) atoms. The number of carbonyl (C=O) groups is 1. The van der Waals surface area contributed by atoms with E-state index in [1.807, 2.05) is 24.3 Å². The molecule has 1 atom stereocenters. The quantitative estimate of drug-likeness (QED) is 0.584. The number of nitrogens with zero attached hydrogens (tertiary/aromatic N) is 3. The number of piperazine rings is 1. The number of hydrogen-bond acceptors (Lipinski definition) is 5. The van der Waals surface area contributed by atoms with Crippen molar-refractivity contribution in [1.82, 2.24) is 9.21 Å². The van der Waals surface area contributed by atoms with Crippen LogP contribution in [0.15, 0.2) is 76.3 Å². The molecule has 192 valence electrons. The highest BCUT2D eigenvalue weighted by atomic mass is 35.5. The van der Waals surface area contributed by atoms with E-state index in [0.717, 1.165) is 9.99 Å². The van der Waals surface area contributed by atoms with Crippen LogP contribution in [-0.2, 0) is 21.2 Å². The summed E-state index contributed by atoms with van der Waals surface area (Å²) in [7, 11) is -0.558. The van der Waals surface area contributed by atoms with Crippen LogP contribution in [0.25, 0.3) is 0 Å². The lowest BCUT2D eigenvalue weighted by molar-refractivity contribution is -0.115. The maximum absolute atomic E-state index is 14.5. The largest absolute Gasteiger partial charge is 0.369 e. The first-order chi connectivity index (χ1) is 17.1. The van der Waals surface area contributed by atoms with Gasteiger partial charge in [-0.15, -0.1) is 0 Å². The molecule has 1 aliphatic carbocycles. The molecule has 2 aromatic rings. The summed E-state index contributed by atoms with van der Waals surface area (Å²) in [4.78, 5) is 17.2. The van der Waals surface area contributed by atoms with Gasteiger partial charge in [0, 0.05) is 57.4 Å². The predicted molar refractivity (Wildman–Crippen MR) is 141 cm³/mol. The Kier molecular flexibility index (Phi) is 8.02. The monoisotopic (exact) mass is 532 g/mol. The van der Waals surface area contributed by atoms with Gasteiger partial charge in [-0.2, -0.15) is 0 Å². The molecular formula is C26H30ClFN4O3S. The molecule has 1 unspecified atom stereocenters. The van der Waals surface area contributed by atoms with Gasteiger partial charge in [-0.05, 0) is 42.0 Å². The number of nitrogens with one attached hydrogen (secondary N) is 1. The van der Waals surface area contributed by atoms with E-state index in [0.29, 0.717) is 48.2 Å². The molecule has 1 heterocycles. The first-order valence-electron chi connectivity index (χ1n) is 11.8. The van der Waals surface area contributed by atoms with E-state index in [1.165, 1.54) is 26.2 Å². The second-order valence-corrected chi connectivity index (χ2v) is 11.7. The normalized spacial score (nSPS) is 18.6. The zero-order chi connectivity index (χ0) is 25.9. The van der Waals surface area contributed by atoms with Crippen molar-refractivity contribution in [2.24, 2.45) is 0 Å². The van der Waals surface area contributed by atoms with Gasteiger partial charge in [-0.3, -0.25) is 4.79 Å². The van der Waals surface area contributed by atoms with Crippen molar-refractivity contribution < 1.29 is 17.6 Å². The Bertz CT molecular complexity index is 1270. The molecule has 1 fully saturated rings. The van der Waals surface area contributed by atoms with Crippen molar-refractivity contribution in [3.63, 3.8) is 0 Å². The van der Waals surface area contributed by atoms with E-state index in [2.05, 4.69) is 15.1 Å². The van der Waals surface area contributed by atoms with Gasteiger partial charge in [0.2, 0.25) is 15.9 Å². The zero-order valence-electron chi connectivity index (χ0n) is 20.3. The SMILES string of the molecule is CN(C)S(=O)(=O)c1ccc(CC(=O)Nc2ccccc2N2CCN(C3=CC=C(Cl)CC3F)CC2)cc1. The molecule has 2 aromatic carbocycles. The second kappa shape index (κ2) is 11.0. The highest BCUT2D eigenvalue weighted by Crippen LogP contribution is 2.30. The molecule has 1 amide bonds. The molecule has 0 radical (unpaired) electrons. The minimum Gasteiger partial charge on any atom is -0.369 e. The number of carbonyl (C=O) groups excluding carboxylic acids is 1. The van der Waals surface area contributed by atoms with Crippen molar-refractivity contribution in [2.75, 3.05) is 50.5 Å². The maximum Gasteiger partial charge on any atom is 0.242 e. The highest BCUT2D eigenvalue weighted by Gasteiger charge is 2.27. The van der Waals surface area contributed by atoms with Gasteiger partial charge in [0.05, 0.1) is 22.7 Å². The number of amides is 1. The van der Waals surface area contributed by atoms with Crippen molar-refractivity contribution in [3.05, 3.63) is 77.0 Å². The topological polar surface area (TPSA) is 73.0 Å². The number of allylic oxidation sites excluding steroid dienone is 4. The summed E-state index contributed by atoms with van der Waals surface area (Å²) in [6.07, 6.45) is 2.78. The van der Waals surface area contributed by atoms with Crippen LogP contribution in [0.3, 0.4) is 0 Å². The van der Waals surface area contributed by atoms with Gasteiger partial charge >= 0.3 is 0 Å². The maximum atomic E-state index is 14.5. The fraction of sp³-hybridized carbons (Fsp3) is 0.346. The van der Waals surface area contributed by atoms with Crippen LogP contribution >= 0.6 is 11.6 Å². The summed E-state index contributed by atoms with van der Waals surface area (Å²) in [6, 6.07) is 14.0. The Morgan fingerprint density at radius 1 is 1.03 bits per heavy atom. The standard InChI is InChI=1S/C26H30ClFN4O3S/c1-30(2)36(34,35)21-10-7-19(8-11-21)17-26(33)29-23-5-3-4-6-25(23)32-15-13-31(14-16-32)24-12-9-20(27)18-22(24)28/h3-12,22H,13-18H2,1-2H3,(H,29,33). The minimum absolute atomic E-state index is 0.118. The molecule has 1 saturated heterocycles. The Hall–Kier alpha value is -2.88. The van der Waals surface area contributed by atoms with Crippen LogP contribution < -0.4 is 10.2 Å². The molecule has 7 nitrogen and oxygen atoms in total. The van der Waals surface area contributed by atoms with E-state index in [-0.39, 0.29) is 23.6 Å². The van der Waals surface area contributed by atoms with Crippen LogP contribution in [0.5, 0.6) is 0 Å². The molecule has 4 rings (SSSR count). The molecule has 0 aromatic heterocycles. The molecule has 1 aliphatic heterocycles. The second-order valence-electron chi connectivity index (χ2n) is 9.02. The first-order valence-corrected chi connectivity index (χ1v) is 13.6. The number of alkyl halides is 1. The smallest absolute Gasteiger partial charge is 0.242 e. The van der Waals surface area contributed by atoms with Crippen LogP contribution in [0.2, 0.25) is 0 Å². The van der Waals surface area contributed by atoms with Crippen LogP contribution in [-0.4, -0.2) is 70.0 Å². The molecule has 0 saturated carbocycles. The van der Waals surface area contributed by atoms with Gasteiger partial charge < -0.3 is 15.1 Å². The third-order valence-electron chi connectivity index (χ3n) is 6.36. The van der Waals surface area contributed by atoms with E-state index in [1.54, 1.807) is 24.3 Å². The Labute approximate surface area is 216 Å². The molecular weight excluding hydrogens is 503 g/mol. The number of anilines is 2. The summed E-state index contributed by atoms with van der Waals surface area (Å²) in [5, 5.41) is 3.52. The molecule has 0 spiro atoms. The molecule has 1 N–H and O–H groups in total. The number of halogens is 2. The van der Waals surface area contributed by atoms with Gasteiger partial charge in [0.1, 0.15) is 6.17 Å². The average Bonchev–Trinajstić information content (AvgIpc) is 2.85. The van der Waals surface area contributed by atoms with Crippen molar-refractivity contribution in [1.29, 1.82) is 0 Å². The molecule has 2 aliphatic rings. The van der Waals surface area contributed by atoms with E-state index in [9.17, 15) is 17.6 Å². The fourth-order valence-corrected chi connectivity index (χ4v) is 5.46. The van der Waals surface area contributed by atoms with Gasteiger partial charge in [0.15, 0.2) is 0 Å². The number of hydrogen-bond donors (Lipinski definition) is 1. The molecule has 0 bridgehead atoms. The van der Waals surface area contributed by atoms with Crippen molar-refractivity contribution >= 4 is 38.9 Å². The van der Waals surface area contributed by atoms with Gasteiger partial charge in [-0.25, -0.2) is 17.1 Å². The highest BCUT2D eigenvalue weighted by molar-refractivity contribution is 7.89. The minimum atomic E-state index is -3.51. The summed E-state index contributed by atoms with van der Waals surface area (Å²) < 4.78 is 40.1. The third kappa shape index (κ3) is 5.91. The number of benzene rings is 2. The summed E-state index contributed by atoms with van der Waals surface area (Å²) >= 11 is 5.95. The van der Waals surface area contributed by atoms with Crippen LogP contribution in [0.1, 0.15) is 12.0 Å². The van der Waals surface area contributed by atoms with Crippen LogP contribution in [0.4, 0.5) is 15.8 Å². The Morgan fingerprint density at radius 2 is 1.67 bits per heavy atom. The van der Waals surface area contributed by atoms with E-state index in [4.69, 9.17) is 11.6 Å². The van der Waals surface area contributed by atoms with Crippen molar-refractivity contribution in [3.8, 4) is 0 Å². The summed E-state index contributed by atoms with van der Waals surface area (Å²) in [6.45, 7) is 2.72. The van der Waals surface area contributed by atoms with Crippen LogP contribution in [0, 0.1) is 0 Å². The number of para-hydroxylation sites is 2. The van der Waals surface area contributed by atoms with Crippen molar-refractivity contribution in [2.45, 2.75) is 23.9 Å². The lowest BCUT2D eigenvalue weighted by Gasteiger charge is -2.40. The zero-order valence-corrected chi connectivity index (χ0v) is 21.9. The fourth-order valence-electron chi connectivity index (χ4n) is 4.36. The molecule has 10 heteroatoms. The van der Waals surface area contributed by atoms with Gasteiger partial charge in [-0.1, -0.05) is 35.9 Å². The first kappa shape index (κ1) is 26.2. The van der Waals surface area contributed by atoms with Gasteiger partial charge in [0.25, 0.3) is 0 Å². The van der Waals surface area contributed by atoms with E-state index < -0.39 is 16.2 Å². The lowest BCUT2D eigenvalue weighted by Crippen LogP contribution is -2.47. The summed E-state index contributed by atoms with van der Waals surface area (Å²) in [5.41, 5.74) is 3.00. The Balaban J connectivity index is 1.39. The average molecular weight is 533 g/mol. The lowest BCUT2D eigenvalue weighted by atomic mass is 10.1. The predicted octanol–water partition coefficient (Wildman–Crippen LogP) is 3.99. The Morgan fingerprint density at radius 3 is 2.31 bits per heavy atom. The number of sulfonamides is 1.